The number of esters is 2. The van der Waals surface area contributed by atoms with Gasteiger partial charge in [-0.25, -0.2) is 9.59 Å². The van der Waals surface area contributed by atoms with E-state index >= 15 is 0 Å². The fraction of sp³-hybridized carbons (Fsp3) is 0.765. The van der Waals surface area contributed by atoms with E-state index < -0.39 is 0 Å². The Labute approximate surface area is 234 Å². The van der Waals surface area contributed by atoms with Crippen LogP contribution in [0.2, 0.25) is 0 Å². The monoisotopic (exact) mass is 530 g/mol. The maximum atomic E-state index is 12.3. The van der Waals surface area contributed by atoms with Gasteiger partial charge < -0.3 is 9.47 Å². The van der Waals surface area contributed by atoms with Gasteiger partial charge in [0, 0.05) is 0 Å². The standard InChI is InChI=1S/C34H58O4/c1-33(2,3)25-17-13-9-7-11-15-19-27-37-31(35)29-21-23-30(24-22-29)32(36)38-28-20-16-12-8-10-14-18-26-34(4,5)6/h21-24H,7-20,25-28H2,1-6H3. The van der Waals surface area contributed by atoms with E-state index in [1.807, 2.05) is 0 Å². The maximum Gasteiger partial charge on any atom is 0.338 e. The molecule has 0 unspecified atom stereocenters. The van der Waals surface area contributed by atoms with Crippen LogP contribution in [0.4, 0.5) is 0 Å². The molecule has 0 spiro atoms. The molecule has 0 N–H and O–H groups in total. The number of carbonyl (C=O) groups excluding carboxylic acids is 2. The first-order valence-electron chi connectivity index (χ1n) is 15.4. The topological polar surface area (TPSA) is 52.6 Å². The number of benzene rings is 1. The maximum absolute atomic E-state index is 12.3. The van der Waals surface area contributed by atoms with Gasteiger partial charge in [-0.15, -0.1) is 0 Å². The lowest BCUT2D eigenvalue weighted by atomic mass is 9.89. The molecule has 4 heteroatoms. The molecule has 1 rings (SSSR count). The van der Waals surface area contributed by atoms with E-state index in [0.717, 1.165) is 25.7 Å². The summed E-state index contributed by atoms with van der Waals surface area (Å²) in [5.74, 6) is -0.656. The number of unbranched alkanes of at least 4 members (excludes halogenated alkanes) is 12. The van der Waals surface area contributed by atoms with E-state index in [9.17, 15) is 9.59 Å². The molecular weight excluding hydrogens is 472 g/mol. The smallest absolute Gasteiger partial charge is 0.338 e. The number of carbonyl (C=O) groups is 2. The molecule has 0 bridgehead atoms. The lowest BCUT2D eigenvalue weighted by Crippen LogP contribution is -2.09. The summed E-state index contributed by atoms with van der Waals surface area (Å²) >= 11 is 0. The predicted molar refractivity (Wildman–Crippen MR) is 160 cm³/mol. The molecule has 0 aliphatic heterocycles. The van der Waals surface area contributed by atoms with Crippen molar-refractivity contribution >= 4 is 11.9 Å². The zero-order chi connectivity index (χ0) is 28.3. The van der Waals surface area contributed by atoms with Gasteiger partial charge in [-0.1, -0.05) is 119 Å². The Bertz CT molecular complexity index is 687. The summed E-state index contributed by atoms with van der Waals surface area (Å²) in [6.07, 6.45) is 19.3. The first-order valence-corrected chi connectivity index (χ1v) is 15.4. The average molecular weight is 531 g/mol. The highest BCUT2D eigenvalue weighted by molar-refractivity contribution is 5.93. The highest BCUT2D eigenvalue weighted by atomic mass is 16.5. The molecule has 218 valence electrons. The summed E-state index contributed by atoms with van der Waals surface area (Å²) in [6.45, 7) is 14.7. The molecule has 1 aromatic rings. The Morgan fingerprint density at radius 1 is 0.474 bits per heavy atom. The summed E-state index contributed by atoms with van der Waals surface area (Å²) in [5, 5.41) is 0. The molecule has 0 fully saturated rings. The van der Waals surface area contributed by atoms with Crippen molar-refractivity contribution in [2.24, 2.45) is 10.8 Å². The Kier molecular flexibility index (Phi) is 17.3. The van der Waals surface area contributed by atoms with Crippen LogP contribution in [0.1, 0.15) is 165 Å². The molecular formula is C34H58O4. The number of hydrogen-bond acceptors (Lipinski definition) is 4. The Morgan fingerprint density at radius 2 is 0.737 bits per heavy atom. The molecule has 0 saturated heterocycles. The van der Waals surface area contributed by atoms with Crippen LogP contribution in [0.3, 0.4) is 0 Å². The highest BCUT2D eigenvalue weighted by Crippen LogP contribution is 2.23. The minimum atomic E-state index is -0.328. The van der Waals surface area contributed by atoms with Gasteiger partial charge in [0.15, 0.2) is 0 Å². The van der Waals surface area contributed by atoms with Crippen molar-refractivity contribution in [3.8, 4) is 0 Å². The molecule has 38 heavy (non-hydrogen) atoms. The molecule has 1 aromatic carbocycles. The Hall–Kier alpha value is -1.84. The highest BCUT2D eigenvalue weighted by Gasteiger charge is 2.12. The van der Waals surface area contributed by atoms with Crippen molar-refractivity contribution in [2.45, 2.75) is 144 Å². The average Bonchev–Trinajstić information content (AvgIpc) is 2.84. The normalized spacial score (nSPS) is 11.9. The van der Waals surface area contributed by atoms with Crippen molar-refractivity contribution in [2.75, 3.05) is 13.2 Å². The van der Waals surface area contributed by atoms with E-state index in [4.69, 9.17) is 9.47 Å². The van der Waals surface area contributed by atoms with Crippen molar-refractivity contribution in [3.63, 3.8) is 0 Å². The summed E-state index contributed by atoms with van der Waals surface area (Å²) in [5.41, 5.74) is 1.84. The van der Waals surface area contributed by atoms with Crippen molar-refractivity contribution in [1.29, 1.82) is 0 Å². The first kappa shape index (κ1) is 34.2. The molecule has 0 heterocycles. The van der Waals surface area contributed by atoms with Gasteiger partial charge in [-0.2, -0.15) is 0 Å². The van der Waals surface area contributed by atoms with Crippen LogP contribution >= 0.6 is 0 Å². The van der Waals surface area contributed by atoms with Crippen LogP contribution in [0.25, 0.3) is 0 Å². The summed E-state index contributed by atoms with van der Waals surface area (Å²) < 4.78 is 10.8. The van der Waals surface area contributed by atoms with Crippen molar-refractivity contribution in [1.82, 2.24) is 0 Å². The zero-order valence-electron chi connectivity index (χ0n) is 25.7. The summed E-state index contributed by atoms with van der Waals surface area (Å²) in [4.78, 5) is 24.5. The van der Waals surface area contributed by atoms with Gasteiger partial charge in [-0.3, -0.25) is 0 Å². The lowest BCUT2D eigenvalue weighted by molar-refractivity contribution is 0.0483. The minimum absolute atomic E-state index is 0.328. The van der Waals surface area contributed by atoms with E-state index in [2.05, 4.69) is 41.5 Å². The molecule has 0 aliphatic carbocycles. The Morgan fingerprint density at radius 3 is 1.03 bits per heavy atom. The van der Waals surface area contributed by atoms with Crippen LogP contribution in [-0.4, -0.2) is 25.2 Å². The van der Waals surface area contributed by atoms with Gasteiger partial charge >= 0.3 is 11.9 Å². The van der Waals surface area contributed by atoms with Crippen LogP contribution in [-0.2, 0) is 9.47 Å². The Balaban J connectivity index is 2.06. The van der Waals surface area contributed by atoms with Crippen LogP contribution in [0.5, 0.6) is 0 Å². The van der Waals surface area contributed by atoms with E-state index in [-0.39, 0.29) is 11.9 Å². The molecule has 0 radical (unpaired) electrons. The minimum Gasteiger partial charge on any atom is -0.462 e. The van der Waals surface area contributed by atoms with Crippen LogP contribution in [0.15, 0.2) is 24.3 Å². The number of hydrogen-bond donors (Lipinski definition) is 0. The van der Waals surface area contributed by atoms with Gasteiger partial charge in [0.05, 0.1) is 24.3 Å². The fourth-order valence-corrected chi connectivity index (χ4v) is 4.52. The second-order valence-electron chi connectivity index (χ2n) is 13.4. The number of rotatable bonds is 20. The van der Waals surface area contributed by atoms with Crippen LogP contribution < -0.4 is 0 Å². The second kappa shape index (κ2) is 19.3. The molecule has 4 nitrogen and oxygen atoms in total. The quantitative estimate of drug-likeness (QED) is 0.124. The van der Waals surface area contributed by atoms with Gasteiger partial charge in [0.2, 0.25) is 0 Å². The molecule has 0 aromatic heterocycles. The third-order valence-electron chi connectivity index (χ3n) is 6.96. The SMILES string of the molecule is CC(C)(C)CCCCCCCCCOC(=O)c1ccc(C(=O)OCCCCCCCCCC(C)(C)C)cc1. The van der Waals surface area contributed by atoms with E-state index in [0.29, 0.717) is 35.2 Å². The van der Waals surface area contributed by atoms with Gasteiger partial charge in [0.25, 0.3) is 0 Å². The third-order valence-corrected chi connectivity index (χ3v) is 6.96. The number of ether oxygens (including phenoxy) is 2. The zero-order valence-corrected chi connectivity index (χ0v) is 25.7. The molecule has 0 atom stereocenters. The molecule has 0 amide bonds. The van der Waals surface area contributed by atoms with E-state index in [1.165, 1.54) is 77.0 Å². The van der Waals surface area contributed by atoms with Gasteiger partial charge in [-0.05, 0) is 60.8 Å². The van der Waals surface area contributed by atoms with Crippen molar-refractivity contribution < 1.29 is 19.1 Å². The molecule has 0 saturated carbocycles. The predicted octanol–water partition coefficient (Wildman–Crippen LogP) is 10.3. The fourth-order valence-electron chi connectivity index (χ4n) is 4.52. The van der Waals surface area contributed by atoms with Crippen LogP contribution in [0, 0.1) is 10.8 Å². The summed E-state index contributed by atoms with van der Waals surface area (Å²) in [7, 11) is 0. The lowest BCUT2D eigenvalue weighted by Gasteiger charge is -2.17. The first-order chi connectivity index (χ1) is 18.0. The van der Waals surface area contributed by atoms with Crippen molar-refractivity contribution in [3.05, 3.63) is 35.4 Å². The largest absolute Gasteiger partial charge is 0.462 e. The van der Waals surface area contributed by atoms with Gasteiger partial charge in [0.1, 0.15) is 0 Å². The van der Waals surface area contributed by atoms with E-state index in [1.54, 1.807) is 24.3 Å². The molecule has 0 aliphatic rings. The second-order valence-corrected chi connectivity index (χ2v) is 13.4. The summed E-state index contributed by atoms with van der Waals surface area (Å²) in [6, 6.07) is 6.60. The third kappa shape index (κ3) is 19.3.